The third kappa shape index (κ3) is 6.24. The number of phenols is 1. The van der Waals surface area contributed by atoms with Crippen molar-refractivity contribution in [3.8, 4) is 11.5 Å². The number of aromatic hydroxyl groups is 1. The van der Waals surface area contributed by atoms with Gasteiger partial charge >= 0.3 is 0 Å². The number of hydrogen-bond donors (Lipinski definition) is 2. The Kier molecular flexibility index (Phi) is 8.10. The van der Waals surface area contributed by atoms with E-state index in [1.807, 2.05) is 18.2 Å². The van der Waals surface area contributed by atoms with E-state index in [0.717, 1.165) is 28.9 Å². The molecule has 0 atom stereocenters. The Morgan fingerprint density at radius 3 is 2.33 bits per heavy atom. The van der Waals surface area contributed by atoms with E-state index in [-0.39, 0.29) is 19.3 Å². The molecule has 0 saturated carbocycles. The number of aliphatic hydroxyl groups is 1. The molecule has 0 aliphatic rings. The monoisotopic (exact) mass is 374 g/mol. The van der Waals surface area contributed by atoms with Crippen LogP contribution in [0.2, 0.25) is 0 Å². The number of ether oxygens (including phenoxy) is 1. The van der Waals surface area contributed by atoms with Gasteiger partial charge < -0.3 is 14.9 Å². The van der Waals surface area contributed by atoms with Crippen molar-refractivity contribution < 1.29 is 24.7 Å². The van der Waals surface area contributed by atoms with Crippen LogP contribution in [-0.2, 0) is 16.2 Å². The summed E-state index contributed by atoms with van der Waals surface area (Å²) in [6.45, 7) is 8.70. The molecule has 0 saturated heterocycles. The topological polar surface area (TPSA) is 68.2 Å². The standard InChI is InChI=1S/C22H30O5/c1-15(2)20-12-18(6-7-22(20)24)13-21-16(3)10-19(11-17(21)4)25-14-27-26-9-5-8-23/h6-7,10-12,15,23-24H,5,8-9,13-14H2,1-4H3. The van der Waals surface area contributed by atoms with Gasteiger partial charge in [-0.25, -0.2) is 4.89 Å². The number of aryl methyl sites for hydroxylation is 2. The van der Waals surface area contributed by atoms with Crippen LogP contribution in [0.15, 0.2) is 30.3 Å². The molecule has 2 rings (SSSR count). The van der Waals surface area contributed by atoms with Crippen LogP contribution in [0.5, 0.6) is 11.5 Å². The zero-order valence-electron chi connectivity index (χ0n) is 16.6. The lowest BCUT2D eigenvalue weighted by molar-refractivity contribution is -0.323. The maximum absolute atomic E-state index is 10.0. The predicted molar refractivity (Wildman–Crippen MR) is 105 cm³/mol. The van der Waals surface area contributed by atoms with Gasteiger partial charge in [0.2, 0.25) is 6.79 Å². The highest BCUT2D eigenvalue weighted by Crippen LogP contribution is 2.29. The molecule has 2 aromatic rings. The van der Waals surface area contributed by atoms with E-state index in [1.54, 1.807) is 6.07 Å². The van der Waals surface area contributed by atoms with Crippen LogP contribution in [-0.4, -0.2) is 30.2 Å². The summed E-state index contributed by atoms with van der Waals surface area (Å²) in [6, 6.07) is 9.82. The number of rotatable bonds is 10. The summed E-state index contributed by atoms with van der Waals surface area (Å²) in [4.78, 5) is 9.83. The van der Waals surface area contributed by atoms with E-state index in [2.05, 4.69) is 33.8 Å². The second kappa shape index (κ2) is 10.3. The summed E-state index contributed by atoms with van der Waals surface area (Å²) in [5.41, 5.74) is 5.69. The number of benzene rings is 2. The van der Waals surface area contributed by atoms with Crippen molar-refractivity contribution in [2.45, 2.75) is 46.5 Å². The molecule has 0 fully saturated rings. The zero-order valence-corrected chi connectivity index (χ0v) is 16.6. The molecule has 0 aliphatic heterocycles. The third-order valence-corrected chi connectivity index (χ3v) is 4.51. The van der Waals surface area contributed by atoms with Gasteiger partial charge in [-0.1, -0.05) is 26.0 Å². The summed E-state index contributed by atoms with van der Waals surface area (Å²) >= 11 is 0. The first-order valence-corrected chi connectivity index (χ1v) is 9.32. The summed E-state index contributed by atoms with van der Waals surface area (Å²) in [7, 11) is 0. The van der Waals surface area contributed by atoms with E-state index < -0.39 is 0 Å². The third-order valence-electron chi connectivity index (χ3n) is 4.51. The lowest BCUT2D eigenvalue weighted by Gasteiger charge is -2.15. The molecule has 0 spiro atoms. The molecule has 5 heteroatoms. The van der Waals surface area contributed by atoms with Gasteiger partial charge in [0.15, 0.2) is 0 Å². The van der Waals surface area contributed by atoms with E-state index in [4.69, 9.17) is 19.6 Å². The summed E-state index contributed by atoms with van der Waals surface area (Å²) in [6.07, 6.45) is 1.33. The van der Waals surface area contributed by atoms with Gasteiger partial charge in [-0.05, 0) is 78.6 Å². The van der Waals surface area contributed by atoms with Crippen molar-refractivity contribution in [1.29, 1.82) is 0 Å². The fraction of sp³-hybridized carbons (Fsp3) is 0.455. The Hall–Kier alpha value is -2.08. The van der Waals surface area contributed by atoms with E-state index >= 15 is 0 Å². The average molecular weight is 374 g/mol. The maximum Gasteiger partial charge on any atom is 0.221 e. The SMILES string of the molecule is Cc1cc(OCOOCCCO)cc(C)c1Cc1ccc(O)c(C(C)C)c1. The largest absolute Gasteiger partial charge is 0.508 e. The molecule has 0 amide bonds. The van der Waals surface area contributed by atoms with Crippen LogP contribution >= 0.6 is 0 Å². The van der Waals surface area contributed by atoms with Crippen LogP contribution in [0, 0.1) is 13.8 Å². The predicted octanol–water partition coefficient (Wildman–Crippen LogP) is 4.39. The number of hydrogen-bond acceptors (Lipinski definition) is 5. The van der Waals surface area contributed by atoms with Gasteiger partial charge in [-0.15, -0.1) is 0 Å². The van der Waals surface area contributed by atoms with Crippen LogP contribution < -0.4 is 4.74 Å². The molecular weight excluding hydrogens is 344 g/mol. The molecule has 148 valence electrons. The molecular formula is C22H30O5. The number of phenolic OH excluding ortho intramolecular Hbond substituents is 1. The van der Waals surface area contributed by atoms with E-state index in [0.29, 0.717) is 18.8 Å². The van der Waals surface area contributed by atoms with Gasteiger partial charge in [-0.3, -0.25) is 0 Å². The van der Waals surface area contributed by atoms with Gasteiger partial charge in [0, 0.05) is 6.61 Å². The van der Waals surface area contributed by atoms with E-state index in [9.17, 15) is 5.11 Å². The van der Waals surface area contributed by atoms with Gasteiger partial charge in [0.05, 0.1) is 6.61 Å². The normalized spacial score (nSPS) is 11.2. The highest BCUT2D eigenvalue weighted by molar-refractivity contribution is 5.45. The van der Waals surface area contributed by atoms with Gasteiger partial charge in [-0.2, -0.15) is 4.89 Å². The van der Waals surface area contributed by atoms with Crippen LogP contribution in [0.1, 0.15) is 54.0 Å². The highest BCUT2D eigenvalue weighted by atomic mass is 17.2. The minimum Gasteiger partial charge on any atom is -0.508 e. The second-order valence-electron chi connectivity index (χ2n) is 7.04. The second-order valence-corrected chi connectivity index (χ2v) is 7.04. The average Bonchev–Trinajstić information content (AvgIpc) is 2.62. The van der Waals surface area contributed by atoms with E-state index in [1.165, 1.54) is 11.1 Å². The zero-order chi connectivity index (χ0) is 19.8. The number of aliphatic hydroxyl groups excluding tert-OH is 1. The molecule has 5 nitrogen and oxygen atoms in total. The van der Waals surface area contributed by atoms with Crippen LogP contribution in [0.25, 0.3) is 0 Å². The van der Waals surface area contributed by atoms with Crippen molar-refractivity contribution in [1.82, 2.24) is 0 Å². The Labute approximate surface area is 161 Å². The van der Waals surface area contributed by atoms with Crippen molar-refractivity contribution in [3.05, 3.63) is 58.1 Å². The van der Waals surface area contributed by atoms with Crippen molar-refractivity contribution in [2.24, 2.45) is 0 Å². The first-order valence-electron chi connectivity index (χ1n) is 9.32. The highest BCUT2D eigenvalue weighted by Gasteiger charge is 2.11. The molecule has 0 aromatic heterocycles. The van der Waals surface area contributed by atoms with Crippen LogP contribution in [0.3, 0.4) is 0 Å². The summed E-state index contributed by atoms with van der Waals surface area (Å²) < 4.78 is 5.58. The smallest absolute Gasteiger partial charge is 0.221 e. The molecule has 0 heterocycles. The molecule has 0 unspecified atom stereocenters. The molecule has 0 radical (unpaired) electrons. The lowest BCUT2D eigenvalue weighted by Crippen LogP contribution is -2.06. The quantitative estimate of drug-likeness (QED) is 0.279. The summed E-state index contributed by atoms with van der Waals surface area (Å²) in [5, 5.41) is 18.7. The van der Waals surface area contributed by atoms with Gasteiger partial charge in [0.1, 0.15) is 11.5 Å². The first kappa shape index (κ1) is 21.2. The van der Waals surface area contributed by atoms with Crippen molar-refractivity contribution in [2.75, 3.05) is 20.0 Å². The molecule has 0 bridgehead atoms. The lowest BCUT2D eigenvalue weighted by atomic mass is 9.93. The molecule has 2 N–H and O–H groups in total. The minimum atomic E-state index is -0.000629. The maximum atomic E-state index is 10.0. The van der Waals surface area contributed by atoms with Gasteiger partial charge in [0.25, 0.3) is 0 Å². The fourth-order valence-electron chi connectivity index (χ4n) is 3.00. The molecule has 27 heavy (non-hydrogen) atoms. The van der Waals surface area contributed by atoms with Crippen molar-refractivity contribution in [3.63, 3.8) is 0 Å². The van der Waals surface area contributed by atoms with Crippen molar-refractivity contribution >= 4 is 0 Å². The Morgan fingerprint density at radius 2 is 1.70 bits per heavy atom. The minimum absolute atomic E-state index is 0.000629. The first-order chi connectivity index (χ1) is 12.9. The summed E-state index contributed by atoms with van der Waals surface area (Å²) in [5.74, 6) is 1.36. The fourth-order valence-corrected chi connectivity index (χ4v) is 3.00. The Morgan fingerprint density at radius 1 is 1.00 bits per heavy atom. The molecule has 2 aromatic carbocycles. The van der Waals surface area contributed by atoms with Crippen LogP contribution in [0.4, 0.5) is 0 Å². The Balaban J connectivity index is 2.03. The molecule has 0 aliphatic carbocycles. The Bertz CT molecular complexity index is 716.